The minimum atomic E-state index is -1.43. The largest absolute Gasteiger partial charge is 0.466 e. The molecule has 188 valence electrons. The molecule has 0 aromatic heterocycles. The van der Waals surface area contributed by atoms with Crippen LogP contribution in [0.5, 0.6) is 0 Å². The summed E-state index contributed by atoms with van der Waals surface area (Å²) in [4.78, 5) is 25.1. The van der Waals surface area contributed by atoms with Gasteiger partial charge in [-0.15, -0.1) is 6.58 Å². The maximum absolute atomic E-state index is 12.9. The Morgan fingerprint density at radius 3 is 2.67 bits per heavy atom. The van der Waals surface area contributed by atoms with Gasteiger partial charge in [-0.05, 0) is 26.2 Å². The number of rotatable bonds is 16. The summed E-state index contributed by atoms with van der Waals surface area (Å²) in [5.41, 5.74) is -0.252. The molecule has 0 N–H and O–H groups in total. The molecule has 1 heterocycles. The van der Waals surface area contributed by atoms with E-state index in [1.807, 2.05) is 13.8 Å². The van der Waals surface area contributed by atoms with Crippen LogP contribution >= 0.6 is 11.9 Å². The lowest BCUT2D eigenvalue weighted by Crippen LogP contribution is -2.64. The highest BCUT2D eigenvalue weighted by atomic mass is 32.2. The molecule has 1 saturated heterocycles. The van der Waals surface area contributed by atoms with Crippen LogP contribution in [0.25, 0.3) is 0 Å². The summed E-state index contributed by atoms with van der Waals surface area (Å²) < 4.78 is 36.3. The second-order valence-electron chi connectivity index (χ2n) is 8.88. The Hall–Kier alpha value is -1.29. The van der Waals surface area contributed by atoms with Crippen molar-refractivity contribution >= 4 is 30.9 Å². The van der Waals surface area contributed by atoms with E-state index in [9.17, 15) is 9.59 Å². The summed E-state index contributed by atoms with van der Waals surface area (Å²) in [6, 6.07) is 0. The first-order chi connectivity index (χ1) is 16.2. The van der Waals surface area contributed by atoms with Gasteiger partial charge in [0.15, 0.2) is 6.10 Å². The molecular weight excluding hydrogens is 443 g/mol. The van der Waals surface area contributed by atoms with Crippen molar-refractivity contribution in [3.05, 3.63) is 24.3 Å². The van der Waals surface area contributed by atoms with Crippen molar-refractivity contribution in [1.82, 2.24) is 0 Å². The van der Waals surface area contributed by atoms with Gasteiger partial charge in [0, 0.05) is 25.0 Å². The molecule has 1 aliphatic rings. The highest BCUT2D eigenvalue weighted by molar-refractivity contribution is 8.15. The predicted octanol–water partition coefficient (Wildman–Crippen LogP) is 4.30. The molecule has 0 radical (unpaired) electrons. The highest BCUT2D eigenvalue weighted by Gasteiger charge is 2.59. The van der Waals surface area contributed by atoms with Crippen LogP contribution in [0.3, 0.4) is 0 Å². The van der Waals surface area contributed by atoms with E-state index >= 15 is 0 Å². The van der Waals surface area contributed by atoms with Crippen molar-refractivity contribution in [2.75, 3.05) is 20.8 Å². The third-order valence-corrected chi connectivity index (χ3v) is 6.19. The fraction of sp³-hybridized carbons (Fsp3) is 0.750. The topological polar surface area (TPSA) is 80.3 Å². The number of methoxy groups -OCH3 is 2. The third-order valence-electron chi connectivity index (χ3n) is 5.90. The summed E-state index contributed by atoms with van der Waals surface area (Å²) >= 11 is 1.01. The Balaban J connectivity index is 3.33. The summed E-state index contributed by atoms with van der Waals surface area (Å²) in [5.74, 6) is -2.35. The van der Waals surface area contributed by atoms with Crippen LogP contribution in [0.2, 0.25) is 0 Å². The zero-order chi connectivity index (χ0) is 25.6. The Morgan fingerprint density at radius 1 is 1.33 bits per heavy atom. The van der Waals surface area contributed by atoms with E-state index in [2.05, 4.69) is 13.5 Å². The van der Waals surface area contributed by atoms with Crippen LogP contribution in [-0.4, -0.2) is 59.2 Å². The summed E-state index contributed by atoms with van der Waals surface area (Å²) in [6.45, 7) is 9.90. The second-order valence-corrected chi connectivity index (χ2v) is 9.35. The molecule has 0 saturated carbocycles. The zero-order valence-electron chi connectivity index (χ0n) is 21.9. The maximum Gasteiger partial charge on any atom is 0.330 e. The normalized spacial score (nSPS) is 24.8. The van der Waals surface area contributed by atoms with Crippen molar-refractivity contribution < 1.29 is 32.7 Å². The quantitative estimate of drug-likeness (QED) is 0.0798. The van der Waals surface area contributed by atoms with Crippen LogP contribution < -0.4 is 0 Å². The summed E-state index contributed by atoms with van der Waals surface area (Å²) in [5, 5.41) is 0. The second kappa shape index (κ2) is 14.9. The fourth-order valence-electron chi connectivity index (χ4n) is 4.08. The molecule has 7 nitrogen and oxygen atoms in total. The number of carbonyl (C=O) groups is 2. The number of hydrogen-bond donors (Lipinski definition) is 0. The minimum absolute atomic E-state index is 0.0416. The molecular formula is C24H41BO7S. The molecule has 0 aliphatic carbocycles. The van der Waals surface area contributed by atoms with Gasteiger partial charge in [0.2, 0.25) is 12.9 Å². The first-order valence-electron chi connectivity index (χ1n) is 12.3. The number of unbranched alkanes of at least 4 members (excludes halogenated alkanes) is 4. The van der Waals surface area contributed by atoms with Crippen LogP contribution in [0, 0.1) is 5.41 Å². The molecule has 1 fully saturated rings. The van der Waals surface area contributed by atoms with Crippen LogP contribution in [0.15, 0.2) is 24.3 Å². The van der Waals surface area contributed by atoms with E-state index in [0.29, 0.717) is 18.4 Å². The first-order valence-corrected chi connectivity index (χ1v) is 12.5. The smallest absolute Gasteiger partial charge is 0.330 e. The first kappa shape index (κ1) is 28.0. The Labute approximate surface area is 205 Å². The molecule has 0 aromatic rings. The SMILES string of the molecule is [3H]BSOCC(C)(C)[C@]1(OC)O[C@H](CC=C)C/C(=C\C(=O)OC)[C@@H]1OC(=O)CCCCCCC. The van der Waals surface area contributed by atoms with E-state index in [0.717, 1.165) is 44.0 Å². The van der Waals surface area contributed by atoms with Crippen molar-refractivity contribution in [1.29, 1.82) is 1.34 Å². The molecule has 0 aromatic carbocycles. The summed E-state index contributed by atoms with van der Waals surface area (Å²) in [6.07, 6.45) is 7.96. The lowest BCUT2D eigenvalue weighted by atomic mass is 9.75. The van der Waals surface area contributed by atoms with Gasteiger partial charge in [0.25, 0.3) is 0 Å². The maximum atomic E-state index is 12.9. The van der Waals surface area contributed by atoms with Gasteiger partial charge in [-0.3, -0.25) is 4.79 Å². The Kier molecular flexibility index (Phi) is 12.6. The standard InChI is InChI=1S/C24H41BO7S/c1-7-9-10-11-12-14-20(26)31-22-18(16-21(27)28-5)15-19(13-8-2)32-24(22,29-6)23(3,4)17-30-33-25/h8,16,19,22H,2,7,9-15,17,25H2,1,3-6H3/b18-16+/t19-,22+,24-/m1/s1/i25T. The van der Waals surface area contributed by atoms with E-state index in [1.54, 1.807) is 6.08 Å². The molecule has 3 atom stereocenters. The van der Waals surface area contributed by atoms with Crippen LogP contribution in [0.4, 0.5) is 0 Å². The lowest BCUT2D eigenvalue weighted by molar-refractivity contribution is -0.347. The highest BCUT2D eigenvalue weighted by Crippen LogP contribution is 2.48. The average Bonchev–Trinajstić information content (AvgIpc) is 2.80. The van der Waals surface area contributed by atoms with Gasteiger partial charge >= 0.3 is 11.9 Å². The number of esters is 2. The molecule has 0 bridgehead atoms. The predicted molar refractivity (Wildman–Crippen MR) is 133 cm³/mol. The van der Waals surface area contributed by atoms with Gasteiger partial charge in [-0.2, -0.15) is 0 Å². The third kappa shape index (κ3) is 8.46. The zero-order valence-corrected chi connectivity index (χ0v) is 21.7. The van der Waals surface area contributed by atoms with Gasteiger partial charge in [-0.25, -0.2) is 4.79 Å². The van der Waals surface area contributed by atoms with E-state index in [-0.39, 0.29) is 32.2 Å². The van der Waals surface area contributed by atoms with E-state index in [1.165, 1.54) is 20.3 Å². The molecule has 1 aliphatic heterocycles. The Bertz CT molecular complexity index is 688. The number of ether oxygens (including phenoxy) is 4. The van der Waals surface area contributed by atoms with Gasteiger partial charge in [0.05, 0.1) is 19.8 Å². The van der Waals surface area contributed by atoms with Crippen molar-refractivity contribution in [2.24, 2.45) is 5.41 Å². The van der Waals surface area contributed by atoms with Crippen LogP contribution in [0.1, 0.15) is 72.1 Å². The van der Waals surface area contributed by atoms with Crippen molar-refractivity contribution in [3.63, 3.8) is 0 Å². The fourth-order valence-corrected chi connectivity index (χ4v) is 4.46. The van der Waals surface area contributed by atoms with Crippen LogP contribution in [-0.2, 0) is 32.7 Å². The number of hydrogen-bond acceptors (Lipinski definition) is 8. The van der Waals surface area contributed by atoms with Gasteiger partial charge in [0.1, 0.15) is 0 Å². The Morgan fingerprint density at radius 2 is 2.06 bits per heavy atom. The molecule has 1 rings (SSSR count). The summed E-state index contributed by atoms with van der Waals surface area (Å²) in [7, 11) is 2.84. The molecule has 33 heavy (non-hydrogen) atoms. The van der Waals surface area contributed by atoms with Crippen molar-refractivity contribution in [2.45, 2.75) is 90.1 Å². The lowest BCUT2D eigenvalue weighted by Gasteiger charge is -2.53. The monoisotopic (exact) mass is 486 g/mol. The number of carbonyl (C=O) groups excluding carboxylic acids is 2. The van der Waals surface area contributed by atoms with Gasteiger partial charge in [-0.1, -0.05) is 64.4 Å². The van der Waals surface area contributed by atoms with E-state index < -0.39 is 23.3 Å². The molecule has 9 heteroatoms. The molecule has 0 amide bonds. The minimum Gasteiger partial charge on any atom is -0.466 e. The average molecular weight is 486 g/mol. The van der Waals surface area contributed by atoms with Crippen molar-refractivity contribution in [3.8, 4) is 0 Å². The molecule has 0 unspecified atom stereocenters. The van der Waals surface area contributed by atoms with E-state index in [4.69, 9.17) is 24.5 Å². The van der Waals surface area contributed by atoms with Gasteiger partial charge < -0.3 is 23.1 Å². The molecule has 0 spiro atoms.